The molecule has 2 atom stereocenters. The summed E-state index contributed by atoms with van der Waals surface area (Å²) in [4.78, 5) is 2.82. The summed E-state index contributed by atoms with van der Waals surface area (Å²) in [5, 5.41) is 3.71. The molecule has 0 bridgehead atoms. The third-order valence-corrected chi connectivity index (χ3v) is 2.77. The van der Waals surface area contributed by atoms with E-state index >= 15 is 0 Å². The molecule has 5 nitrogen and oxygen atoms in total. The fourth-order valence-corrected chi connectivity index (χ4v) is 1.86. The highest BCUT2D eigenvalue weighted by Gasteiger charge is 2.27. The molecule has 1 aliphatic heterocycles. The van der Waals surface area contributed by atoms with Crippen molar-refractivity contribution in [2.45, 2.75) is 25.2 Å². The fourth-order valence-electron chi connectivity index (χ4n) is 1.86. The van der Waals surface area contributed by atoms with E-state index in [1.807, 2.05) is 30.3 Å². The number of ether oxygens (including phenoxy) is 2. The molecule has 0 amide bonds. The fraction of sp³-hybridized carbons (Fsp3) is 0.500. The molecule has 5 heteroatoms. The van der Waals surface area contributed by atoms with Gasteiger partial charge in [-0.1, -0.05) is 35.4 Å². The standard InChI is InChI=1S/C12H15N3O2/c13-15-14-11-6-7-17-12(11)9-16-8-10-4-2-1-3-5-10/h1-5,11-12H,6-9H2/t11-,12+/m0/s1. The topological polar surface area (TPSA) is 67.2 Å². The Labute approximate surface area is 100.0 Å². The summed E-state index contributed by atoms with van der Waals surface area (Å²) < 4.78 is 11.0. The molecule has 1 fully saturated rings. The van der Waals surface area contributed by atoms with Crippen LogP contribution in [0.3, 0.4) is 0 Å². The average Bonchev–Trinajstić information content (AvgIpc) is 2.79. The number of nitrogens with zero attached hydrogens (tertiary/aromatic N) is 3. The molecule has 0 N–H and O–H groups in total. The van der Waals surface area contributed by atoms with Crippen molar-refractivity contribution in [3.05, 3.63) is 46.3 Å². The Hall–Kier alpha value is -1.55. The van der Waals surface area contributed by atoms with E-state index in [9.17, 15) is 0 Å². The minimum Gasteiger partial charge on any atom is -0.375 e. The molecule has 0 saturated carbocycles. The summed E-state index contributed by atoms with van der Waals surface area (Å²) in [6.45, 7) is 1.67. The zero-order chi connectivity index (χ0) is 11.9. The van der Waals surface area contributed by atoms with Crippen LogP contribution in [0, 0.1) is 0 Å². The lowest BCUT2D eigenvalue weighted by Crippen LogP contribution is -2.24. The first-order valence-electron chi connectivity index (χ1n) is 5.67. The summed E-state index contributed by atoms with van der Waals surface area (Å²) in [7, 11) is 0. The highest BCUT2D eigenvalue weighted by Crippen LogP contribution is 2.18. The predicted molar refractivity (Wildman–Crippen MR) is 63.4 cm³/mol. The van der Waals surface area contributed by atoms with Crippen molar-refractivity contribution in [2.24, 2.45) is 5.11 Å². The van der Waals surface area contributed by atoms with Crippen molar-refractivity contribution in [1.29, 1.82) is 0 Å². The summed E-state index contributed by atoms with van der Waals surface area (Å²) in [5.74, 6) is 0. The molecule has 1 heterocycles. The van der Waals surface area contributed by atoms with Crippen molar-refractivity contribution in [2.75, 3.05) is 13.2 Å². The Bertz CT molecular complexity index is 390. The van der Waals surface area contributed by atoms with Crippen LogP contribution in [-0.2, 0) is 16.1 Å². The third kappa shape index (κ3) is 3.46. The van der Waals surface area contributed by atoms with Crippen LogP contribution in [0.15, 0.2) is 35.4 Å². The van der Waals surface area contributed by atoms with Crippen LogP contribution in [0.1, 0.15) is 12.0 Å². The molecule has 2 rings (SSSR count). The van der Waals surface area contributed by atoms with Crippen LogP contribution < -0.4 is 0 Å². The first-order valence-corrected chi connectivity index (χ1v) is 5.67. The van der Waals surface area contributed by atoms with Gasteiger partial charge in [-0.2, -0.15) is 0 Å². The van der Waals surface area contributed by atoms with E-state index in [0.29, 0.717) is 19.8 Å². The molecule has 1 aliphatic rings. The van der Waals surface area contributed by atoms with Crippen molar-refractivity contribution >= 4 is 0 Å². The van der Waals surface area contributed by atoms with Gasteiger partial charge >= 0.3 is 0 Å². The van der Waals surface area contributed by atoms with E-state index in [2.05, 4.69) is 10.0 Å². The highest BCUT2D eigenvalue weighted by atomic mass is 16.5. The van der Waals surface area contributed by atoms with Gasteiger partial charge in [-0.25, -0.2) is 0 Å². The Morgan fingerprint density at radius 2 is 2.24 bits per heavy atom. The SMILES string of the molecule is [N-]=[N+]=N[C@H]1CCO[C@@H]1COCc1ccccc1. The van der Waals surface area contributed by atoms with Gasteiger partial charge in [0.1, 0.15) is 0 Å². The molecule has 90 valence electrons. The van der Waals surface area contributed by atoms with E-state index in [1.54, 1.807) is 0 Å². The van der Waals surface area contributed by atoms with Gasteiger partial charge in [0.15, 0.2) is 0 Å². The van der Waals surface area contributed by atoms with Crippen molar-refractivity contribution in [1.82, 2.24) is 0 Å². The van der Waals surface area contributed by atoms with Gasteiger partial charge in [-0.05, 0) is 17.5 Å². The zero-order valence-corrected chi connectivity index (χ0v) is 9.53. The van der Waals surface area contributed by atoms with E-state index in [1.165, 1.54) is 0 Å². The number of benzene rings is 1. The lowest BCUT2D eigenvalue weighted by atomic mass is 10.2. The van der Waals surface area contributed by atoms with Crippen molar-refractivity contribution in [3.8, 4) is 0 Å². The summed E-state index contributed by atoms with van der Waals surface area (Å²) in [5.41, 5.74) is 9.54. The summed E-state index contributed by atoms with van der Waals surface area (Å²) >= 11 is 0. The minimum absolute atomic E-state index is 0.0872. The van der Waals surface area contributed by atoms with Crippen LogP contribution in [0.5, 0.6) is 0 Å². The number of hydrogen-bond acceptors (Lipinski definition) is 3. The maximum Gasteiger partial charge on any atom is 0.0894 e. The van der Waals surface area contributed by atoms with Crippen LogP contribution in [0.4, 0.5) is 0 Å². The molecule has 1 aromatic carbocycles. The van der Waals surface area contributed by atoms with Gasteiger partial charge in [0, 0.05) is 11.5 Å². The second-order valence-corrected chi connectivity index (χ2v) is 3.97. The van der Waals surface area contributed by atoms with Gasteiger partial charge in [0.2, 0.25) is 0 Å². The molecule has 0 aliphatic carbocycles. The Morgan fingerprint density at radius 3 is 3.00 bits per heavy atom. The van der Waals surface area contributed by atoms with Gasteiger partial charge < -0.3 is 9.47 Å². The van der Waals surface area contributed by atoms with Crippen molar-refractivity contribution < 1.29 is 9.47 Å². The second kappa shape index (κ2) is 6.25. The normalized spacial score (nSPS) is 23.3. The van der Waals surface area contributed by atoms with Crippen LogP contribution >= 0.6 is 0 Å². The van der Waals surface area contributed by atoms with E-state index in [0.717, 1.165) is 12.0 Å². The number of azide groups is 1. The Morgan fingerprint density at radius 1 is 1.41 bits per heavy atom. The molecule has 0 spiro atoms. The van der Waals surface area contributed by atoms with Crippen molar-refractivity contribution in [3.63, 3.8) is 0 Å². The lowest BCUT2D eigenvalue weighted by molar-refractivity contribution is 0.00584. The predicted octanol–water partition coefficient (Wildman–Crippen LogP) is 2.67. The molecule has 1 aromatic rings. The molecule has 1 saturated heterocycles. The van der Waals surface area contributed by atoms with Gasteiger partial charge in [-0.3, -0.25) is 0 Å². The molecular weight excluding hydrogens is 218 g/mol. The third-order valence-electron chi connectivity index (χ3n) is 2.77. The van der Waals surface area contributed by atoms with Gasteiger partial charge in [-0.15, -0.1) is 0 Å². The Kier molecular flexibility index (Phi) is 4.38. The first kappa shape index (κ1) is 11.9. The molecule has 0 unspecified atom stereocenters. The molecule has 0 radical (unpaired) electrons. The average molecular weight is 233 g/mol. The van der Waals surface area contributed by atoms with E-state index < -0.39 is 0 Å². The van der Waals surface area contributed by atoms with Gasteiger partial charge in [0.05, 0.1) is 25.4 Å². The highest BCUT2D eigenvalue weighted by molar-refractivity contribution is 5.13. The maximum atomic E-state index is 8.41. The first-order chi connectivity index (χ1) is 8.40. The zero-order valence-electron chi connectivity index (χ0n) is 9.53. The van der Waals surface area contributed by atoms with E-state index in [4.69, 9.17) is 15.0 Å². The Balaban J connectivity index is 1.76. The lowest BCUT2D eigenvalue weighted by Gasteiger charge is -2.14. The molecule has 0 aromatic heterocycles. The van der Waals surface area contributed by atoms with E-state index in [-0.39, 0.29) is 12.1 Å². The van der Waals surface area contributed by atoms with Crippen LogP contribution in [0.25, 0.3) is 10.4 Å². The van der Waals surface area contributed by atoms with Crippen LogP contribution in [-0.4, -0.2) is 25.4 Å². The molecule has 17 heavy (non-hydrogen) atoms. The summed E-state index contributed by atoms with van der Waals surface area (Å²) in [6.07, 6.45) is 0.679. The smallest absolute Gasteiger partial charge is 0.0894 e. The van der Waals surface area contributed by atoms with Gasteiger partial charge in [0.25, 0.3) is 0 Å². The minimum atomic E-state index is -0.102. The summed E-state index contributed by atoms with van der Waals surface area (Å²) in [6, 6.07) is 9.87. The second-order valence-electron chi connectivity index (χ2n) is 3.97. The quantitative estimate of drug-likeness (QED) is 0.445. The maximum absolute atomic E-state index is 8.41. The number of rotatable bonds is 5. The number of hydrogen-bond donors (Lipinski definition) is 0. The largest absolute Gasteiger partial charge is 0.375 e. The molecular formula is C12H15N3O2. The monoisotopic (exact) mass is 233 g/mol. The van der Waals surface area contributed by atoms with Crippen LogP contribution in [0.2, 0.25) is 0 Å².